The average Bonchev–Trinajstić information content (AvgIpc) is 3.04. The maximum atomic E-state index is 13.1. The number of hydrogen-bond acceptors (Lipinski definition) is 2. The van der Waals surface area contributed by atoms with Crippen LogP contribution in [-0.4, -0.2) is 33.1 Å². The molecule has 1 amide bonds. The number of fused-ring (bicyclic) bond motifs is 2. The van der Waals surface area contributed by atoms with Crippen molar-refractivity contribution in [1.82, 2.24) is 14.9 Å². The lowest BCUT2D eigenvalue weighted by Gasteiger charge is -2.27. The molecule has 2 aromatic heterocycles. The van der Waals surface area contributed by atoms with E-state index in [1.807, 2.05) is 42.6 Å². The molecule has 6 rings (SSSR count). The van der Waals surface area contributed by atoms with Gasteiger partial charge in [-0.15, -0.1) is 0 Å². The second-order valence-electron chi connectivity index (χ2n) is 7.22. The number of piperidine rings is 1. The molecule has 3 aliphatic rings. The van der Waals surface area contributed by atoms with Gasteiger partial charge in [-0.05, 0) is 36.1 Å². The van der Waals surface area contributed by atoms with Crippen LogP contribution >= 0.6 is 0 Å². The van der Waals surface area contributed by atoms with Crippen LogP contribution in [0, 0.1) is 5.92 Å². The quantitative estimate of drug-likeness (QED) is 0.720. The third-order valence-electron chi connectivity index (χ3n) is 6.00. The van der Waals surface area contributed by atoms with Gasteiger partial charge >= 0.3 is 0 Å². The summed E-state index contributed by atoms with van der Waals surface area (Å²) < 4.78 is 0. The van der Waals surface area contributed by atoms with Crippen LogP contribution < -0.4 is 0 Å². The van der Waals surface area contributed by atoms with Crippen molar-refractivity contribution >= 4 is 22.6 Å². The smallest absolute Gasteiger partial charge is 0.274 e. The number of benzene rings is 1. The Balaban J connectivity index is 1.44. The summed E-state index contributed by atoms with van der Waals surface area (Å²) in [5.41, 5.74) is 4.01. The van der Waals surface area contributed by atoms with E-state index in [-0.39, 0.29) is 17.1 Å². The van der Waals surface area contributed by atoms with E-state index < -0.39 is 0 Å². The Labute approximate surface area is 143 Å². The number of carbonyl (C=O) groups excluding carboxylic acids is 2. The summed E-state index contributed by atoms with van der Waals surface area (Å²) in [7, 11) is 0. The Hall–Kier alpha value is -3.08. The fourth-order valence-electron chi connectivity index (χ4n) is 4.77. The number of ketones is 1. The van der Waals surface area contributed by atoms with Gasteiger partial charge in [-0.25, -0.2) is 0 Å². The number of H-pyrrole nitrogens is 2. The van der Waals surface area contributed by atoms with Crippen LogP contribution in [0.15, 0.2) is 54.4 Å². The highest BCUT2D eigenvalue weighted by Crippen LogP contribution is 2.66. The zero-order chi connectivity index (χ0) is 16.8. The van der Waals surface area contributed by atoms with Crippen LogP contribution in [-0.2, 0) is 5.41 Å². The Morgan fingerprint density at radius 1 is 1.24 bits per heavy atom. The van der Waals surface area contributed by atoms with E-state index in [0.717, 1.165) is 28.6 Å². The van der Waals surface area contributed by atoms with Gasteiger partial charge < -0.3 is 14.9 Å². The molecular weight excluding hydrogens is 314 g/mol. The molecule has 2 aliphatic carbocycles. The summed E-state index contributed by atoms with van der Waals surface area (Å²) in [5, 5.41) is 1.02. The molecular formula is C20H15N3O2. The van der Waals surface area contributed by atoms with Gasteiger partial charge in [-0.2, -0.15) is 0 Å². The summed E-state index contributed by atoms with van der Waals surface area (Å²) >= 11 is 0. The molecule has 1 aromatic carbocycles. The average molecular weight is 329 g/mol. The zero-order valence-electron chi connectivity index (χ0n) is 13.4. The Morgan fingerprint density at radius 2 is 2.12 bits per heavy atom. The zero-order valence-corrected chi connectivity index (χ0v) is 13.4. The van der Waals surface area contributed by atoms with E-state index in [2.05, 4.69) is 9.97 Å². The minimum atomic E-state index is -0.134. The third kappa shape index (κ3) is 1.49. The fourth-order valence-corrected chi connectivity index (χ4v) is 4.77. The van der Waals surface area contributed by atoms with E-state index in [4.69, 9.17) is 0 Å². The molecule has 0 bridgehead atoms. The number of hydrogen-bond donors (Lipinski definition) is 2. The lowest BCUT2D eigenvalue weighted by Crippen LogP contribution is -2.33. The summed E-state index contributed by atoms with van der Waals surface area (Å²) in [6, 6.07) is 11.7. The van der Waals surface area contributed by atoms with E-state index in [1.165, 1.54) is 0 Å². The van der Waals surface area contributed by atoms with E-state index in [9.17, 15) is 9.59 Å². The molecule has 0 radical (unpaired) electrons. The number of rotatable bonds is 1. The minimum absolute atomic E-state index is 0.0392. The topological polar surface area (TPSA) is 69.0 Å². The Morgan fingerprint density at radius 3 is 3.00 bits per heavy atom. The summed E-state index contributed by atoms with van der Waals surface area (Å²) in [5.74, 6) is 0.318. The number of aromatic amines is 2. The molecule has 25 heavy (non-hydrogen) atoms. The number of carbonyl (C=O) groups is 2. The first kappa shape index (κ1) is 13.2. The van der Waals surface area contributed by atoms with Crippen molar-refractivity contribution in [3.05, 3.63) is 71.3 Å². The first-order chi connectivity index (χ1) is 12.2. The maximum absolute atomic E-state index is 13.1. The van der Waals surface area contributed by atoms with Gasteiger partial charge in [0.25, 0.3) is 5.91 Å². The number of likely N-dealkylation sites (tertiary alicyclic amines) is 1. The van der Waals surface area contributed by atoms with Crippen molar-refractivity contribution in [2.45, 2.75) is 11.8 Å². The Kier molecular flexibility index (Phi) is 2.18. The first-order valence-electron chi connectivity index (χ1n) is 8.52. The number of nitrogens with zero attached hydrogens (tertiary/aromatic N) is 1. The van der Waals surface area contributed by atoms with Gasteiger partial charge in [0.15, 0.2) is 0 Å². The maximum Gasteiger partial charge on any atom is 0.274 e. The molecule has 2 atom stereocenters. The lowest BCUT2D eigenvalue weighted by atomic mass is 9.85. The molecule has 0 unspecified atom stereocenters. The molecule has 1 saturated heterocycles. The molecule has 1 spiro atoms. The van der Waals surface area contributed by atoms with Crippen LogP contribution in [0.5, 0.6) is 0 Å². The summed E-state index contributed by atoms with van der Waals surface area (Å²) in [6.07, 6.45) is 4.51. The van der Waals surface area contributed by atoms with E-state index >= 15 is 0 Å². The molecule has 3 aromatic rings. The summed E-state index contributed by atoms with van der Waals surface area (Å²) in [6.45, 7) is 0.679. The van der Waals surface area contributed by atoms with E-state index in [1.54, 1.807) is 11.0 Å². The monoisotopic (exact) mass is 329 g/mol. The number of allylic oxidation sites excluding steroid dienone is 2. The molecule has 5 nitrogen and oxygen atoms in total. The molecule has 2 fully saturated rings. The number of nitrogens with one attached hydrogen (secondary N) is 2. The minimum Gasteiger partial charge on any atom is -0.358 e. The molecule has 5 heteroatoms. The second kappa shape index (κ2) is 4.11. The van der Waals surface area contributed by atoms with Crippen molar-refractivity contribution in [1.29, 1.82) is 0 Å². The van der Waals surface area contributed by atoms with Crippen molar-refractivity contribution in [3.63, 3.8) is 0 Å². The lowest BCUT2D eigenvalue weighted by molar-refractivity contribution is 0.0806. The SMILES string of the molecule is O=C1C=C2N(C(=O)c3cc4ccccc4[nH]3)C[C@H]3C[C@@]23c2cc[nH]c21. The second-order valence-corrected chi connectivity index (χ2v) is 7.22. The largest absolute Gasteiger partial charge is 0.358 e. The fraction of sp³-hybridized carbons (Fsp3) is 0.200. The van der Waals surface area contributed by atoms with Crippen molar-refractivity contribution in [2.24, 2.45) is 5.92 Å². The van der Waals surface area contributed by atoms with Crippen molar-refractivity contribution < 1.29 is 9.59 Å². The predicted molar refractivity (Wildman–Crippen MR) is 92.3 cm³/mol. The van der Waals surface area contributed by atoms with Gasteiger partial charge in [-0.3, -0.25) is 9.59 Å². The highest BCUT2D eigenvalue weighted by molar-refractivity contribution is 6.09. The van der Waals surface area contributed by atoms with Gasteiger partial charge in [0, 0.05) is 40.8 Å². The number of amides is 1. The van der Waals surface area contributed by atoms with Gasteiger partial charge in [-0.1, -0.05) is 18.2 Å². The van der Waals surface area contributed by atoms with Crippen LogP contribution in [0.4, 0.5) is 0 Å². The molecule has 122 valence electrons. The van der Waals surface area contributed by atoms with Crippen LogP contribution in [0.1, 0.15) is 33.0 Å². The number of para-hydroxylation sites is 1. The van der Waals surface area contributed by atoms with Crippen molar-refractivity contribution in [3.8, 4) is 0 Å². The van der Waals surface area contributed by atoms with Gasteiger partial charge in [0.05, 0.1) is 5.69 Å². The highest BCUT2D eigenvalue weighted by atomic mass is 16.2. The van der Waals surface area contributed by atoms with Gasteiger partial charge in [0.1, 0.15) is 5.69 Å². The van der Waals surface area contributed by atoms with E-state index in [0.29, 0.717) is 23.9 Å². The van der Waals surface area contributed by atoms with Crippen LogP contribution in [0.2, 0.25) is 0 Å². The molecule has 3 heterocycles. The van der Waals surface area contributed by atoms with Crippen molar-refractivity contribution in [2.75, 3.05) is 6.54 Å². The predicted octanol–water partition coefficient (Wildman–Crippen LogP) is 2.99. The number of aromatic nitrogens is 2. The highest BCUT2D eigenvalue weighted by Gasteiger charge is 2.67. The van der Waals surface area contributed by atoms with Gasteiger partial charge in [0.2, 0.25) is 5.78 Å². The molecule has 1 saturated carbocycles. The Bertz CT molecular complexity index is 1090. The standard InChI is InChI=1S/C20H15N3O2/c24-16-8-17-20(13-5-6-21-18(13)16)9-12(20)10-23(17)19(25)15-7-11-3-1-2-4-14(11)22-15/h1-8,12,21-22H,9-10H2/t12-,20-/m1/s1. The molecule has 1 aliphatic heterocycles. The first-order valence-corrected chi connectivity index (χ1v) is 8.52. The van der Waals surface area contributed by atoms with Crippen LogP contribution in [0.25, 0.3) is 10.9 Å². The third-order valence-corrected chi connectivity index (χ3v) is 6.00. The molecule has 2 N–H and O–H groups in total. The van der Waals surface area contributed by atoms with Crippen LogP contribution in [0.3, 0.4) is 0 Å². The normalized spacial score (nSPS) is 26.2. The summed E-state index contributed by atoms with van der Waals surface area (Å²) in [4.78, 5) is 33.6.